The first-order chi connectivity index (χ1) is 22.4. The summed E-state index contributed by atoms with van der Waals surface area (Å²) in [5.41, 5.74) is 6.12. The molecule has 1 aliphatic heterocycles. The lowest BCUT2D eigenvalue weighted by molar-refractivity contribution is 0.102. The number of nitrogens with one attached hydrogen (secondary N) is 1. The maximum Gasteiger partial charge on any atom is 0.257 e. The number of amides is 1. The van der Waals surface area contributed by atoms with Gasteiger partial charge in [-0.3, -0.25) is 9.59 Å². The number of carbonyl (C=O) groups is 2. The first-order valence-electron chi connectivity index (χ1n) is 16.5. The Hall–Kier alpha value is -3.70. The van der Waals surface area contributed by atoms with Gasteiger partial charge in [-0.15, -0.1) is 0 Å². The van der Waals surface area contributed by atoms with Gasteiger partial charge in [0.25, 0.3) is 5.91 Å². The number of anilines is 1. The fourth-order valence-corrected chi connectivity index (χ4v) is 8.11. The first kappa shape index (κ1) is 30.9. The minimum Gasteiger partial charge on any atom is -0.322 e. The molecule has 46 heavy (non-hydrogen) atoms. The van der Waals surface area contributed by atoms with Gasteiger partial charge in [-0.2, -0.15) is 0 Å². The molecule has 6 heteroatoms. The van der Waals surface area contributed by atoms with Crippen LogP contribution in [0, 0.1) is 17.4 Å². The zero-order valence-electron chi connectivity index (χ0n) is 26.2. The summed E-state index contributed by atoms with van der Waals surface area (Å²) in [5.74, 6) is 0.0332. The summed E-state index contributed by atoms with van der Waals surface area (Å²) in [6.07, 6.45) is 9.98. The standard InChI is InChI=1S/C40H38Cl2N2O2/c1-25-23-27(43-40(46)34-9-3-4-13-36(34)41)15-16-28(25)39(45)33-12-7-11-31-30(33)17-18-32-29-10-8-14-37(42)35(29)24-26(38(31)32)19-22-44-20-5-2-6-21-44/h3-4,8-10,13-18,23-24,26H,2,5-7,11-12,19-22H2,1H3,(H,43,46). The van der Waals surface area contributed by atoms with Crippen molar-refractivity contribution in [1.82, 2.24) is 4.90 Å². The van der Waals surface area contributed by atoms with E-state index in [0.29, 0.717) is 21.8 Å². The van der Waals surface area contributed by atoms with Gasteiger partial charge in [-0.1, -0.05) is 72.1 Å². The van der Waals surface area contributed by atoms with Gasteiger partial charge < -0.3 is 10.2 Å². The van der Waals surface area contributed by atoms with E-state index in [1.165, 1.54) is 53.9 Å². The number of likely N-dealkylation sites (tertiary alicyclic amines) is 1. The number of rotatable bonds is 7. The van der Waals surface area contributed by atoms with Crippen LogP contribution in [0.1, 0.15) is 81.8 Å². The van der Waals surface area contributed by atoms with E-state index in [9.17, 15) is 9.59 Å². The van der Waals surface area contributed by atoms with Gasteiger partial charge in [0.1, 0.15) is 0 Å². The Labute approximate surface area is 280 Å². The van der Waals surface area contributed by atoms with E-state index < -0.39 is 0 Å². The molecule has 1 fully saturated rings. The smallest absolute Gasteiger partial charge is 0.257 e. The molecular formula is C40H38Cl2N2O2. The molecule has 1 amide bonds. The van der Waals surface area contributed by atoms with E-state index in [-0.39, 0.29) is 17.6 Å². The maximum atomic E-state index is 14.2. The molecule has 1 N–H and O–H groups in total. The van der Waals surface area contributed by atoms with Crippen LogP contribution in [0.15, 0.2) is 72.8 Å². The van der Waals surface area contributed by atoms with E-state index in [0.717, 1.165) is 58.8 Å². The van der Waals surface area contributed by atoms with E-state index in [1.807, 2.05) is 31.2 Å². The second-order valence-electron chi connectivity index (χ2n) is 12.8. The average Bonchev–Trinajstić information content (AvgIpc) is 3.07. The number of carbonyl (C=O) groups excluding carboxylic acids is 2. The number of aryl methyl sites for hydroxylation is 1. The third-order valence-electron chi connectivity index (χ3n) is 9.94. The van der Waals surface area contributed by atoms with Crippen LogP contribution in [-0.4, -0.2) is 36.2 Å². The van der Waals surface area contributed by atoms with Gasteiger partial charge in [0.2, 0.25) is 0 Å². The van der Waals surface area contributed by atoms with Crippen LogP contribution in [0.3, 0.4) is 0 Å². The van der Waals surface area contributed by atoms with Crippen molar-refractivity contribution in [1.29, 1.82) is 0 Å². The Bertz CT molecular complexity index is 2080. The highest BCUT2D eigenvalue weighted by Crippen LogP contribution is 2.33. The van der Waals surface area contributed by atoms with Crippen molar-refractivity contribution in [2.75, 3.05) is 25.0 Å². The van der Waals surface area contributed by atoms with E-state index in [2.05, 4.69) is 34.5 Å². The highest BCUT2D eigenvalue weighted by molar-refractivity contribution is 6.34. The Balaban J connectivity index is 1.27. The van der Waals surface area contributed by atoms with Crippen LogP contribution >= 0.6 is 23.2 Å². The predicted octanol–water partition coefficient (Wildman–Crippen LogP) is 7.96. The Morgan fingerprint density at radius 3 is 2.39 bits per heavy atom. The maximum absolute atomic E-state index is 14.2. The third-order valence-corrected chi connectivity index (χ3v) is 10.6. The van der Waals surface area contributed by atoms with E-state index in [4.69, 9.17) is 23.2 Å². The molecule has 0 aromatic heterocycles. The normalized spacial score (nSPS) is 17.4. The summed E-state index contributed by atoms with van der Waals surface area (Å²) in [6.45, 7) is 5.36. The molecule has 0 saturated carbocycles. The van der Waals surface area contributed by atoms with Gasteiger partial charge in [0.15, 0.2) is 5.78 Å². The molecule has 1 heterocycles. The molecule has 3 aliphatic rings. The van der Waals surface area contributed by atoms with Gasteiger partial charge in [-0.05, 0) is 139 Å². The summed E-state index contributed by atoms with van der Waals surface area (Å²) in [5, 5.41) is 8.79. The lowest BCUT2D eigenvalue weighted by Gasteiger charge is -2.30. The molecule has 4 aromatic carbocycles. The molecule has 4 nitrogen and oxygen atoms in total. The predicted molar refractivity (Wildman–Crippen MR) is 188 cm³/mol. The molecule has 1 unspecified atom stereocenters. The van der Waals surface area contributed by atoms with Crippen LogP contribution < -0.4 is 15.8 Å². The summed E-state index contributed by atoms with van der Waals surface area (Å²) in [7, 11) is 0. The number of benzene rings is 4. The van der Waals surface area contributed by atoms with Crippen LogP contribution in [0.4, 0.5) is 5.69 Å². The van der Waals surface area contributed by atoms with Crippen molar-refractivity contribution in [2.45, 2.75) is 57.8 Å². The first-order valence-corrected chi connectivity index (χ1v) is 17.2. The number of nitrogens with zero attached hydrogens (tertiary/aromatic N) is 1. The van der Waals surface area contributed by atoms with Gasteiger partial charge in [0.05, 0.1) is 10.6 Å². The second-order valence-corrected chi connectivity index (χ2v) is 13.7. The summed E-state index contributed by atoms with van der Waals surface area (Å²) < 4.78 is 0. The summed E-state index contributed by atoms with van der Waals surface area (Å²) >= 11 is 13.0. The molecular weight excluding hydrogens is 611 g/mol. The average molecular weight is 650 g/mol. The number of ketones is 1. The molecule has 4 aromatic rings. The fourth-order valence-electron chi connectivity index (χ4n) is 7.65. The van der Waals surface area contributed by atoms with E-state index >= 15 is 0 Å². The third kappa shape index (κ3) is 5.95. The largest absolute Gasteiger partial charge is 0.322 e. The molecule has 7 rings (SSSR count). The minimum atomic E-state index is -0.279. The zero-order valence-corrected chi connectivity index (χ0v) is 27.7. The molecule has 0 radical (unpaired) electrons. The van der Waals surface area contributed by atoms with Crippen molar-refractivity contribution in [2.24, 2.45) is 0 Å². The highest BCUT2D eigenvalue weighted by atomic mass is 35.5. The van der Waals surface area contributed by atoms with Gasteiger partial charge in [-0.25, -0.2) is 0 Å². The summed E-state index contributed by atoms with van der Waals surface area (Å²) in [6, 6.07) is 23.1. The lowest BCUT2D eigenvalue weighted by Crippen LogP contribution is -2.32. The Morgan fingerprint density at radius 1 is 0.804 bits per heavy atom. The number of Topliss-reactive ketones (excluding diaryl/α,β-unsaturated/α-hetero) is 1. The van der Waals surface area contributed by atoms with Crippen molar-refractivity contribution in [3.8, 4) is 0 Å². The van der Waals surface area contributed by atoms with Crippen molar-refractivity contribution >= 4 is 52.2 Å². The van der Waals surface area contributed by atoms with Crippen molar-refractivity contribution in [3.63, 3.8) is 0 Å². The molecule has 1 atom stereocenters. The molecule has 0 bridgehead atoms. The quantitative estimate of drug-likeness (QED) is 0.207. The Kier molecular flexibility index (Phi) is 8.87. The monoisotopic (exact) mass is 648 g/mol. The van der Waals surface area contributed by atoms with Gasteiger partial charge in [0, 0.05) is 27.8 Å². The zero-order chi connectivity index (χ0) is 31.8. The van der Waals surface area contributed by atoms with Crippen molar-refractivity contribution < 1.29 is 9.59 Å². The SMILES string of the molecule is Cc1cc(NC(=O)c2ccccc2Cl)ccc1C(=O)C1=c2ccc3c(c2CCC1)C(CCN1CCCCC1)C=c1c(Cl)cccc1=3. The fraction of sp³-hybridized carbons (Fsp3) is 0.300. The highest BCUT2D eigenvalue weighted by Gasteiger charge is 2.26. The number of piperidine rings is 1. The Morgan fingerprint density at radius 2 is 1.59 bits per heavy atom. The molecule has 0 spiro atoms. The number of hydrogen-bond donors (Lipinski definition) is 1. The minimum absolute atomic E-state index is 0.0653. The molecule has 1 saturated heterocycles. The van der Waals surface area contributed by atoms with Gasteiger partial charge >= 0.3 is 0 Å². The van der Waals surface area contributed by atoms with Crippen LogP contribution in [-0.2, 0) is 6.42 Å². The second kappa shape index (κ2) is 13.2. The van der Waals surface area contributed by atoms with Crippen LogP contribution in [0.25, 0.3) is 11.6 Å². The van der Waals surface area contributed by atoms with E-state index in [1.54, 1.807) is 30.3 Å². The van der Waals surface area contributed by atoms with Crippen LogP contribution in [0.5, 0.6) is 0 Å². The van der Waals surface area contributed by atoms with Crippen LogP contribution in [0.2, 0.25) is 10.0 Å². The number of fused-ring (bicyclic) bond motifs is 4. The number of halogens is 2. The number of hydrogen-bond acceptors (Lipinski definition) is 3. The lowest BCUT2D eigenvalue weighted by atomic mass is 9.79. The molecule has 234 valence electrons. The van der Waals surface area contributed by atoms with Crippen molar-refractivity contribution in [3.05, 3.63) is 132 Å². The molecule has 2 aliphatic carbocycles. The topological polar surface area (TPSA) is 49.4 Å². The summed E-state index contributed by atoms with van der Waals surface area (Å²) in [4.78, 5) is 29.7.